The van der Waals surface area contributed by atoms with Crippen LogP contribution in [0.25, 0.3) is 11.0 Å². The molecule has 0 bridgehead atoms. The molecule has 0 fully saturated rings. The minimum Gasteiger partial charge on any atom is -0.425 e. The highest BCUT2D eigenvalue weighted by atomic mass is 32.2. The number of ether oxygens (including phenoxy) is 1. The minimum atomic E-state index is -3.94. The summed E-state index contributed by atoms with van der Waals surface area (Å²) in [5.74, 6) is -0.838. The molecule has 0 saturated heterocycles. The topological polar surface area (TPSA) is 103 Å². The van der Waals surface area contributed by atoms with E-state index in [1.807, 2.05) is 13.8 Å². The van der Waals surface area contributed by atoms with E-state index in [1.165, 1.54) is 18.2 Å². The summed E-state index contributed by atoms with van der Waals surface area (Å²) in [6.45, 7) is 8.98. The fourth-order valence-electron chi connectivity index (χ4n) is 3.37. The van der Waals surface area contributed by atoms with Crippen molar-refractivity contribution in [2.45, 2.75) is 52.0 Å². The second-order valence-corrected chi connectivity index (χ2v) is 9.75. The zero-order chi connectivity index (χ0) is 23.6. The van der Waals surface area contributed by atoms with Gasteiger partial charge >= 0.3 is 11.6 Å². The molecule has 1 N–H and O–H groups in total. The maximum atomic E-state index is 13.1. The first-order valence-corrected chi connectivity index (χ1v) is 11.9. The summed E-state index contributed by atoms with van der Waals surface area (Å²) in [4.78, 5) is 24.9. The number of hydrogen-bond acceptors (Lipinski definition) is 6. The zero-order valence-electron chi connectivity index (χ0n) is 18.8. The van der Waals surface area contributed by atoms with Crippen LogP contribution in [0.1, 0.15) is 37.0 Å². The molecule has 32 heavy (non-hydrogen) atoms. The highest BCUT2D eigenvalue weighted by Crippen LogP contribution is 2.29. The number of esters is 1. The zero-order valence-corrected chi connectivity index (χ0v) is 19.6. The fourth-order valence-corrected chi connectivity index (χ4v) is 4.66. The Morgan fingerprint density at radius 1 is 1.09 bits per heavy atom. The number of carbonyl (C=O) groups is 1. The third-order valence-corrected chi connectivity index (χ3v) is 7.07. The van der Waals surface area contributed by atoms with Gasteiger partial charge in [-0.1, -0.05) is 38.0 Å². The summed E-state index contributed by atoms with van der Waals surface area (Å²) in [6, 6.07) is 10.0. The van der Waals surface area contributed by atoms with Gasteiger partial charge in [0, 0.05) is 17.0 Å². The lowest BCUT2D eigenvalue weighted by atomic mass is 10.0. The van der Waals surface area contributed by atoms with Crippen LogP contribution in [0.15, 0.2) is 56.6 Å². The van der Waals surface area contributed by atoms with Crippen molar-refractivity contribution in [3.63, 3.8) is 0 Å². The summed E-state index contributed by atoms with van der Waals surface area (Å²) in [6.07, 6.45) is 0.557. The van der Waals surface area contributed by atoms with Crippen LogP contribution >= 0.6 is 0 Å². The Balaban J connectivity index is 1.92. The largest absolute Gasteiger partial charge is 0.425 e. The lowest BCUT2D eigenvalue weighted by Crippen LogP contribution is -2.47. The van der Waals surface area contributed by atoms with Crippen LogP contribution in [-0.4, -0.2) is 20.4 Å². The maximum Gasteiger partial charge on any atom is 0.336 e. The van der Waals surface area contributed by atoms with Gasteiger partial charge in [-0.05, 0) is 56.5 Å². The van der Waals surface area contributed by atoms with E-state index in [-0.39, 0.29) is 16.6 Å². The molecule has 1 heterocycles. The van der Waals surface area contributed by atoms with E-state index in [9.17, 15) is 18.0 Å². The van der Waals surface area contributed by atoms with Gasteiger partial charge in [0.1, 0.15) is 17.4 Å². The number of rotatable bonds is 7. The van der Waals surface area contributed by atoms with Crippen molar-refractivity contribution in [3.8, 4) is 5.75 Å². The first kappa shape index (κ1) is 23.7. The van der Waals surface area contributed by atoms with Crippen LogP contribution in [-0.2, 0) is 14.8 Å². The normalized spacial score (nSPS) is 13.7. The van der Waals surface area contributed by atoms with Gasteiger partial charge < -0.3 is 9.15 Å². The summed E-state index contributed by atoms with van der Waals surface area (Å²) in [5.41, 5.74) is 2.00. The number of carbonyl (C=O) groups excluding carboxylic acids is 1. The van der Waals surface area contributed by atoms with Crippen LogP contribution in [0.2, 0.25) is 0 Å². The molecule has 0 radical (unpaired) electrons. The average molecular weight is 458 g/mol. The van der Waals surface area contributed by atoms with E-state index < -0.39 is 27.7 Å². The van der Waals surface area contributed by atoms with Gasteiger partial charge in [-0.25, -0.2) is 18.0 Å². The Hall–Kier alpha value is -2.97. The molecule has 0 spiro atoms. The predicted octanol–water partition coefficient (Wildman–Crippen LogP) is 4.02. The van der Waals surface area contributed by atoms with E-state index in [4.69, 9.17) is 9.15 Å². The van der Waals surface area contributed by atoms with Crippen molar-refractivity contribution in [2.75, 3.05) is 0 Å². The second-order valence-electron chi connectivity index (χ2n) is 8.03. The predicted molar refractivity (Wildman–Crippen MR) is 122 cm³/mol. The maximum absolute atomic E-state index is 13.1. The van der Waals surface area contributed by atoms with Crippen molar-refractivity contribution in [1.29, 1.82) is 0 Å². The van der Waals surface area contributed by atoms with Crippen molar-refractivity contribution in [2.24, 2.45) is 5.92 Å². The van der Waals surface area contributed by atoms with Crippen molar-refractivity contribution in [1.82, 2.24) is 4.72 Å². The van der Waals surface area contributed by atoms with Crippen LogP contribution in [0.4, 0.5) is 0 Å². The molecule has 3 rings (SSSR count). The number of sulfonamides is 1. The van der Waals surface area contributed by atoms with Crippen molar-refractivity contribution < 1.29 is 22.4 Å². The lowest BCUT2D eigenvalue weighted by Gasteiger charge is -2.23. The summed E-state index contributed by atoms with van der Waals surface area (Å²) >= 11 is 0. The molecule has 0 aliphatic rings. The van der Waals surface area contributed by atoms with Crippen LogP contribution in [0.3, 0.4) is 0 Å². The molecule has 1 aromatic heterocycles. The monoisotopic (exact) mass is 457 g/mol. The number of benzene rings is 2. The molecular weight excluding hydrogens is 430 g/mol. The number of nitrogens with one attached hydrogen (secondary N) is 1. The fraction of sp³-hybridized carbons (Fsp3) is 0.333. The van der Waals surface area contributed by atoms with E-state index in [0.717, 1.165) is 16.5 Å². The number of aryl methyl sites for hydroxylation is 3. The van der Waals surface area contributed by atoms with Gasteiger partial charge in [0.2, 0.25) is 10.0 Å². The minimum absolute atomic E-state index is 0.0725. The Labute approximate surface area is 187 Å². The molecule has 0 amide bonds. The average Bonchev–Trinajstić information content (AvgIpc) is 2.74. The molecule has 2 atom stereocenters. The molecule has 170 valence electrons. The summed E-state index contributed by atoms with van der Waals surface area (Å²) in [7, 11) is -3.94. The van der Waals surface area contributed by atoms with Crippen LogP contribution in [0.5, 0.6) is 5.75 Å². The molecule has 7 nitrogen and oxygen atoms in total. The Morgan fingerprint density at radius 3 is 2.38 bits per heavy atom. The molecule has 8 heteroatoms. The van der Waals surface area contributed by atoms with E-state index in [0.29, 0.717) is 17.6 Å². The Kier molecular flexibility index (Phi) is 6.85. The SMILES string of the molecule is CC[C@@H](C)[C@H](NS(=O)(=O)c1ccc(C)cc1)C(=O)Oc1ccc2c(C)cc(=O)oc2c1C. The third-order valence-electron chi connectivity index (χ3n) is 5.61. The quantitative estimate of drug-likeness (QED) is 0.327. The molecule has 3 aromatic rings. The van der Waals surface area contributed by atoms with E-state index in [2.05, 4.69) is 4.72 Å². The number of hydrogen-bond donors (Lipinski definition) is 1. The third kappa shape index (κ3) is 4.92. The van der Waals surface area contributed by atoms with Crippen LogP contribution < -0.4 is 15.1 Å². The van der Waals surface area contributed by atoms with Gasteiger partial charge in [-0.2, -0.15) is 4.72 Å². The second kappa shape index (κ2) is 9.26. The highest BCUT2D eigenvalue weighted by Gasteiger charge is 2.32. The molecule has 0 aliphatic carbocycles. The lowest BCUT2D eigenvalue weighted by molar-refractivity contribution is -0.137. The smallest absolute Gasteiger partial charge is 0.336 e. The van der Waals surface area contributed by atoms with Crippen molar-refractivity contribution in [3.05, 3.63) is 69.6 Å². The molecule has 0 unspecified atom stereocenters. The van der Waals surface area contributed by atoms with Crippen molar-refractivity contribution >= 4 is 27.0 Å². The first-order valence-electron chi connectivity index (χ1n) is 10.4. The van der Waals surface area contributed by atoms with E-state index >= 15 is 0 Å². The highest BCUT2D eigenvalue weighted by molar-refractivity contribution is 7.89. The summed E-state index contributed by atoms with van der Waals surface area (Å²) < 4.78 is 39.2. The molecular formula is C24H27NO6S. The standard InChI is InChI=1S/C24H27NO6S/c1-6-15(3)22(25-32(28,29)18-9-7-14(2)8-10-18)24(27)30-20-12-11-19-16(4)13-21(26)31-23(19)17(20)5/h7-13,15,22,25H,6H2,1-5H3/t15-,22+/m1/s1. The molecule has 0 aliphatic heterocycles. The van der Waals surface area contributed by atoms with Gasteiger partial charge in [0.15, 0.2) is 0 Å². The van der Waals surface area contributed by atoms with E-state index in [1.54, 1.807) is 45.0 Å². The molecule has 2 aromatic carbocycles. The Bertz CT molecular complexity index is 1310. The van der Waals surface area contributed by atoms with Gasteiger partial charge in [0.25, 0.3) is 0 Å². The first-order chi connectivity index (χ1) is 15.0. The molecule has 0 saturated carbocycles. The van der Waals surface area contributed by atoms with Gasteiger partial charge in [-0.3, -0.25) is 0 Å². The summed E-state index contributed by atoms with van der Waals surface area (Å²) in [5, 5.41) is 0.737. The van der Waals surface area contributed by atoms with Crippen LogP contribution in [0, 0.1) is 26.7 Å². The number of fused-ring (bicyclic) bond motifs is 1. The van der Waals surface area contributed by atoms with Gasteiger partial charge in [0.05, 0.1) is 4.90 Å². The Morgan fingerprint density at radius 2 is 1.75 bits per heavy atom. The van der Waals surface area contributed by atoms with Gasteiger partial charge in [-0.15, -0.1) is 0 Å².